The Morgan fingerprint density at radius 2 is 1.11 bits per heavy atom. The first kappa shape index (κ1) is 46.2. The highest BCUT2D eigenvalue weighted by atomic mass is 32.1. The molecular formula is C75H54N2OS2. The second kappa shape index (κ2) is 17.1. The molecule has 3 nitrogen and oxygen atoms in total. The Hall–Kier alpha value is -8.74. The molecule has 0 saturated carbocycles. The predicted molar refractivity (Wildman–Crippen MR) is 346 cm³/mol. The van der Waals surface area contributed by atoms with Gasteiger partial charge in [-0.15, -0.1) is 22.7 Å². The van der Waals surface area contributed by atoms with Crippen molar-refractivity contribution in [3.63, 3.8) is 0 Å². The summed E-state index contributed by atoms with van der Waals surface area (Å²) in [4.78, 5) is 2.55. The van der Waals surface area contributed by atoms with Crippen LogP contribution in [0.5, 0.6) is 0 Å². The van der Waals surface area contributed by atoms with E-state index in [0.29, 0.717) is 0 Å². The highest BCUT2D eigenvalue weighted by Gasteiger charge is 2.36. The topological polar surface area (TPSA) is 20.8 Å². The summed E-state index contributed by atoms with van der Waals surface area (Å²) in [5.74, 6) is 0. The van der Waals surface area contributed by atoms with Crippen molar-refractivity contribution in [1.82, 2.24) is 4.40 Å². The number of anilines is 3. The van der Waals surface area contributed by atoms with Crippen LogP contribution < -0.4 is 4.90 Å². The van der Waals surface area contributed by atoms with E-state index in [1.165, 1.54) is 149 Å². The first-order valence-corrected chi connectivity index (χ1v) is 30.0. The van der Waals surface area contributed by atoms with Crippen LogP contribution in [0, 0.1) is 0 Å². The fraction of sp³-hybridized carbons (Fsp3) is 0.120. The number of furan rings is 1. The largest absolute Gasteiger partial charge is 0.455 e. The first-order chi connectivity index (χ1) is 39.3. The summed E-state index contributed by atoms with van der Waals surface area (Å²) in [6.45, 7) is 11.8. The summed E-state index contributed by atoms with van der Waals surface area (Å²) in [6.07, 6.45) is 5.99. The third-order valence-electron chi connectivity index (χ3n) is 18.1. The summed E-state index contributed by atoms with van der Waals surface area (Å²) < 4.78 is 14.9. The smallest absolute Gasteiger partial charge is 0.143 e. The molecule has 1 aliphatic rings. The lowest BCUT2D eigenvalue weighted by molar-refractivity contribution is 0.660. The zero-order valence-corrected chi connectivity index (χ0v) is 46.5. The van der Waals surface area contributed by atoms with E-state index in [4.69, 9.17) is 11.0 Å². The minimum absolute atomic E-state index is 0.154. The van der Waals surface area contributed by atoms with Crippen molar-refractivity contribution in [3.05, 3.63) is 235 Å². The summed E-state index contributed by atoms with van der Waals surface area (Å²) in [6, 6.07) is 75.6. The normalized spacial score (nSPS) is 13.3. The molecule has 0 atom stereocenters. The van der Waals surface area contributed by atoms with Gasteiger partial charge in [0.05, 0.1) is 26.9 Å². The maximum absolute atomic E-state index is 7.11. The fourth-order valence-corrected chi connectivity index (χ4v) is 16.7. The molecule has 382 valence electrons. The number of rotatable bonds is 10. The Labute approximate surface area is 471 Å². The maximum Gasteiger partial charge on any atom is 0.143 e. The Morgan fingerprint density at radius 1 is 0.500 bits per heavy atom. The van der Waals surface area contributed by atoms with Crippen LogP contribution in [0.2, 0.25) is 0 Å². The van der Waals surface area contributed by atoms with Gasteiger partial charge in [-0.1, -0.05) is 168 Å². The van der Waals surface area contributed by atoms with Crippen LogP contribution in [0.4, 0.5) is 17.1 Å². The van der Waals surface area contributed by atoms with E-state index in [1.807, 2.05) is 22.7 Å². The molecule has 1 aliphatic carbocycles. The lowest BCUT2D eigenvalue weighted by atomic mass is 9.82. The van der Waals surface area contributed by atoms with Gasteiger partial charge in [-0.3, -0.25) is 0 Å². The van der Waals surface area contributed by atoms with Gasteiger partial charge < -0.3 is 13.7 Å². The van der Waals surface area contributed by atoms with Crippen LogP contribution in [0.1, 0.15) is 74.3 Å². The molecule has 0 unspecified atom stereocenters. The van der Waals surface area contributed by atoms with Crippen molar-refractivity contribution in [2.75, 3.05) is 4.90 Å². The number of unbranched alkanes of at least 4 members (excludes halogenated alkanes) is 3. The van der Waals surface area contributed by atoms with Crippen molar-refractivity contribution < 1.29 is 4.42 Å². The van der Waals surface area contributed by atoms with E-state index in [9.17, 15) is 0 Å². The highest BCUT2D eigenvalue weighted by molar-refractivity contribution is 7.26. The van der Waals surface area contributed by atoms with Crippen LogP contribution in [0.3, 0.4) is 0 Å². The van der Waals surface area contributed by atoms with Gasteiger partial charge in [0.25, 0.3) is 0 Å². The highest BCUT2D eigenvalue weighted by Crippen LogP contribution is 2.53. The SMILES string of the molecule is C=C(c1ccc2c(c1)oc1c2ccc2c1ccc1c3cc(CCCCCC)cc4c5ccc(N(c6ccc7c(c6)C(C)(C)c6ccccc6-7)c6cccc7c6sc6ccccc67)cc5n(c21)c43)c1cccc2c1sc1ccccc12. The van der Waals surface area contributed by atoms with Gasteiger partial charge in [-0.25, -0.2) is 0 Å². The Kier molecular flexibility index (Phi) is 9.89. The first-order valence-electron chi connectivity index (χ1n) is 28.4. The monoisotopic (exact) mass is 1060 g/mol. The molecule has 5 heteroatoms. The van der Waals surface area contributed by atoms with Crippen LogP contribution in [0.25, 0.3) is 128 Å². The van der Waals surface area contributed by atoms with Crippen LogP contribution >= 0.6 is 22.7 Å². The van der Waals surface area contributed by atoms with Crippen molar-refractivity contribution in [2.24, 2.45) is 0 Å². The van der Waals surface area contributed by atoms with Gasteiger partial charge >= 0.3 is 0 Å². The van der Waals surface area contributed by atoms with E-state index < -0.39 is 0 Å². The molecule has 0 fully saturated rings. The zero-order chi connectivity index (χ0) is 53.1. The third-order valence-corrected chi connectivity index (χ3v) is 20.6. The molecule has 0 N–H and O–H groups in total. The molecule has 0 bridgehead atoms. The van der Waals surface area contributed by atoms with Gasteiger partial charge in [0.15, 0.2) is 0 Å². The molecule has 17 rings (SSSR count). The molecule has 5 aromatic heterocycles. The zero-order valence-electron chi connectivity index (χ0n) is 44.9. The molecule has 0 aliphatic heterocycles. The molecule has 16 aromatic rings. The summed E-state index contributed by atoms with van der Waals surface area (Å²) in [5, 5.41) is 14.9. The molecule has 80 heavy (non-hydrogen) atoms. The van der Waals surface area contributed by atoms with Gasteiger partial charge in [-0.05, 0) is 136 Å². The Balaban J connectivity index is 0.885. The maximum atomic E-state index is 7.11. The van der Waals surface area contributed by atoms with E-state index in [0.717, 1.165) is 56.3 Å². The summed E-state index contributed by atoms with van der Waals surface area (Å²) in [5.41, 5.74) is 18.9. The van der Waals surface area contributed by atoms with Crippen LogP contribution in [0.15, 0.2) is 211 Å². The Morgan fingerprint density at radius 3 is 1.93 bits per heavy atom. The minimum atomic E-state index is -0.154. The second-order valence-corrected chi connectivity index (χ2v) is 25.1. The van der Waals surface area contributed by atoms with Gasteiger partial charge in [0, 0.05) is 95.5 Å². The molecule has 0 amide bonds. The van der Waals surface area contributed by atoms with Crippen LogP contribution in [-0.4, -0.2) is 4.40 Å². The van der Waals surface area contributed by atoms with E-state index in [2.05, 4.69) is 230 Å². The average Bonchev–Trinajstić information content (AvgIpc) is 3.39. The lowest BCUT2D eigenvalue weighted by Crippen LogP contribution is -2.16. The number of hydrogen-bond donors (Lipinski definition) is 0. The van der Waals surface area contributed by atoms with Crippen LogP contribution in [-0.2, 0) is 11.8 Å². The predicted octanol–water partition coefficient (Wildman–Crippen LogP) is 22.6. The third kappa shape index (κ3) is 6.47. The number of fused-ring (bicyclic) bond motifs is 21. The number of aromatic nitrogens is 1. The summed E-state index contributed by atoms with van der Waals surface area (Å²) >= 11 is 3.74. The molecule has 5 heterocycles. The van der Waals surface area contributed by atoms with Crippen molar-refractivity contribution >= 4 is 156 Å². The molecule has 0 radical (unpaired) electrons. The fourth-order valence-electron chi connectivity index (χ4n) is 14.2. The van der Waals surface area contributed by atoms with Gasteiger partial charge in [-0.2, -0.15) is 0 Å². The lowest BCUT2D eigenvalue weighted by Gasteiger charge is -2.28. The summed E-state index contributed by atoms with van der Waals surface area (Å²) in [7, 11) is 0. The number of nitrogens with zero attached hydrogens (tertiary/aromatic N) is 2. The number of thiophene rings is 2. The quantitative estimate of drug-likeness (QED) is 0.127. The molecule has 0 spiro atoms. The second-order valence-electron chi connectivity index (χ2n) is 22.9. The van der Waals surface area contributed by atoms with E-state index in [1.54, 1.807) is 0 Å². The standard InChI is InChI=1S/C75H54N2OS2/c1-5-6-7-8-17-44-38-61-51-33-30-47(76(65-25-16-23-60-54-20-11-14-27-69(54)80-74(60)65)46-29-32-50-49-18-9-12-24-63(49)75(3,4)64(50)41-46)42-66(51)77-70-55-34-36-57-52-31-28-45(40-67(52)78-72(57)58(55)37-35-56(70)62(39-44)71(61)77)43(2)48-21-15-22-59-53-19-10-13-26-68(53)79-73(48)59/h9-16,18-42H,2,5-8,17H2,1,3-4H3. The number of hydrogen-bond acceptors (Lipinski definition) is 4. The Bertz CT molecular complexity index is 5310. The van der Waals surface area contributed by atoms with E-state index >= 15 is 0 Å². The molecule has 0 saturated heterocycles. The number of benzene rings is 11. The molecule has 11 aromatic carbocycles. The van der Waals surface area contributed by atoms with Crippen molar-refractivity contribution in [1.29, 1.82) is 0 Å². The van der Waals surface area contributed by atoms with Crippen molar-refractivity contribution in [3.8, 4) is 11.1 Å². The van der Waals surface area contributed by atoms with Crippen molar-refractivity contribution in [2.45, 2.75) is 58.3 Å². The van der Waals surface area contributed by atoms with Gasteiger partial charge in [0.1, 0.15) is 11.2 Å². The van der Waals surface area contributed by atoms with Gasteiger partial charge in [0.2, 0.25) is 0 Å². The van der Waals surface area contributed by atoms with E-state index in [-0.39, 0.29) is 5.41 Å². The average molecular weight is 1060 g/mol. The minimum Gasteiger partial charge on any atom is -0.455 e. The number of aryl methyl sites for hydroxylation is 1. The molecular weight excluding hydrogens is 1010 g/mol.